The number of nitrogens with one attached hydrogen (secondary N) is 1. The van der Waals surface area contributed by atoms with Gasteiger partial charge in [-0.05, 0) is 43.8 Å². The highest BCUT2D eigenvalue weighted by Gasteiger charge is 2.25. The summed E-state index contributed by atoms with van der Waals surface area (Å²) in [5, 5.41) is 3.10. The maximum Gasteiger partial charge on any atom is 0.317 e. The van der Waals surface area contributed by atoms with Crippen molar-refractivity contribution in [3.05, 3.63) is 65.5 Å². The van der Waals surface area contributed by atoms with E-state index in [1.165, 1.54) is 18.6 Å². The van der Waals surface area contributed by atoms with Crippen molar-refractivity contribution in [2.45, 2.75) is 26.8 Å². The Hall–Kier alpha value is -2.93. The zero-order chi connectivity index (χ0) is 23.1. The molecule has 1 atom stereocenters. The van der Waals surface area contributed by atoms with Gasteiger partial charge in [0.2, 0.25) is 0 Å². The third kappa shape index (κ3) is 5.65. The SMILES string of the molecule is CCN(CC)[C@H](CNC(=O)N1CCN(c2ccc(C(C)=O)cc2F)CC1)c1ccccc1. The first-order chi connectivity index (χ1) is 15.4. The average Bonchev–Trinajstić information content (AvgIpc) is 2.82. The molecule has 0 saturated carbocycles. The molecule has 1 N–H and O–H groups in total. The van der Waals surface area contributed by atoms with E-state index in [4.69, 9.17) is 0 Å². The van der Waals surface area contributed by atoms with E-state index < -0.39 is 5.82 Å². The zero-order valence-corrected chi connectivity index (χ0v) is 19.2. The maximum absolute atomic E-state index is 14.5. The van der Waals surface area contributed by atoms with Gasteiger partial charge in [-0.3, -0.25) is 9.69 Å². The third-order valence-electron chi connectivity index (χ3n) is 6.15. The number of hydrogen-bond acceptors (Lipinski definition) is 4. The number of nitrogens with zero attached hydrogens (tertiary/aromatic N) is 3. The minimum absolute atomic E-state index is 0.0925. The summed E-state index contributed by atoms with van der Waals surface area (Å²) in [6, 6.07) is 14.8. The van der Waals surface area contributed by atoms with Gasteiger partial charge in [-0.1, -0.05) is 44.2 Å². The van der Waals surface area contributed by atoms with Crippen LogP contribution in [0.4, 0.5) is 14.9 Å². The van der Waals surface area contributed by atoms with Gasteiger partial charge in [0.15, 0.2) is 5.78 Å². The predicted molar refractivity (Wildman–Crippen MR) is 126 cm³/mol. The van der Waals surface area contributed by atoms with Gasteiger partial charge in [0.25, 0.3) is 0 Å². The molecule has 0 radical (unpaired) electrons. The number of urea groups is 1. The smallest absolute Gasteiger partial charge is 0.317 e. The molecule has 2 aromatic rings. The lowest BCUT2D eigenvalue weighted by Crippen LogP contribution is -2.53. The number of likely N-dealkylation sites (N-methyl/N-ethyl adjacent to an activating group) is 1. The summed E-state index contributed by atoms with van der Waals surface area (Å²) < 4.78 is 14.5. The van der Waals surface area contributed by atoms with Crippen molar-refractivity contribution in [2.75, 3.05) is 50.7 Å². The molecule has 1 fully saturated rings. The normalized spacial score (nSPS) is 15.0. The minimum atomic E-state index is -0.402. The lowest BCUT2D eigenvalue weighted by Gasteiger charge is -2.37. The van der Waals surface area contributed by atoms with Crippen molar-refractivity contribution in [1.82, 2.24) is 15.1 Å². The summed E-state index contributed by atoms with van der Waals surface area (Å²) >= 11 is 0. The van der Waals surface area contributed by atoms with Crippen LogP contribution in [-0.2, 0) is 0 Å². The van der Waals surface area contributed by atoms with Gasteiger partial charge in [-0.25, -0.2) is 9.18 Å². The van der Waals surface area contributed by atoms with Gasteiger partial charge in [0, 0.05) is 38.3 Å². The van der Waals surface area contributed by atoms with Crippen LogP contribution in [0.1, 0.15) is 42.7 Å². The summed E-state index contributed by atoms with van der Waals surface area (Å²) in [5.74, 6) is -0.559. The fraction of sp³-hybridized carbons (Fsp3) is 0.440. The summed E-state index contributed by atoms with van der Waals surface area (Å²) in [5.41, 5.74) is 2.02. The van der Waals surface area contributed by atoms with E-state index in [-0.39, 0.29) is 17.9 Å². The molecule has 6 nitrogen and oxygen atoms in total. The number of Topliss-reactive ketones (excluding diaryl/α,β-unsaturated/α-hetero) is 1. The minimum Gasteiger partial charge on any atom is -0.366 e. The van der Waals surface area contributed by atoms with E-state index in [0.717, 1.165) is 13.1 Å². The van der Waals surface area contributed by atoms with Crippen LogP contribution in [0.3, 0.4) is 0 Å². The quantitative estimate of drug-likeness (QED) is 0.632. The van der Waals surface area contributed by atoms with E-state index in [1.807, 2.05) is 23.1 Å². The summed E-state index contributed by atoms with van der Waals surface area (Å²) in [6.07, 6.45) is 0. The van der Waals surface area contributed by atoms with Gasteiger partial charge in [-0.15, -0.1) is 0 Å². The third-order valence-corrected chi connectivity index (χ3v) is 6.15. The van der Waals surface area contributed by atoms with Gasteiger partial charge >= 0.3 is 6.03 Å². The Morgan fingerprint density at radius 3 is 2.25 bits per heavy atom. The van der Waals surface area contributed by atoms with Crippen LogP contribution in [0.15, 0.2) is 48.5 Å². The molecule has 1 aliphatic heterocycles. The lowest BCUT2D eigenvalue weighted by molar-refractivity contribution is 0.101. The molecule has 0 aliphatic carbocycles. The average molecular weight is 441 g/mol. The van der Waals surface area contributed by atoms with Crippen LogP contribution >= 0.6 is 0 Å². The van der Waals surface area contributed by atoms with Crippen LogP contribution in [-0.4, -0.2) is 67.4 Å². The zero-order valence-electron chi connectivity index (χ0n) is 19.2. The molecule has 1 heterocycles. The first kappa shape index (κ1) is 23.7. The van der Waals surface area contributed by atoms with Crippen molar-refractivity contribution < 1.29 is 14.0 Å². The number of hydrogen-bond donors (Lipinski definition) is 1. The monoisotopic (exact) mass is 440 g/mol. The number of halogens is 1. The van der Waals surface area contributed by atoms with Crippen LogP contribution < -0.4 is 10.2 Å². The Kier molecular flexibility index (Phi) is 8.22. The van der Waals surface area contributed by atoms with Crippen molar-refractivity contribution in [3.63, 3.8) is 0 Å². The lowest BCUT2D eigenvalue weighted by atomic mass is 10.1. The predicted octanol–water partition coefficient (Wildman–Crippen LogP) is 3.94. The molecule has 0 aromatic heterocycles. The van der Waals surface area contributed by atoms with E-state index >= 15 is 0 Å². The molecule has 7 heteroatoms. The number of ketones is 1. The number of anilines is 1. The van der Waals surface area contributed by atoms with Crippen molar-refractivity contribution in [3.8, 4) is 0 Å². The Morgan fingerprint density at radius 1 is 1.03 bits per heavy atom. The molecular formula is C25H33FN4O2. The maximum atomic E-state index is 14.5. The fourth-order valence-electron chi connectivity index (χ4n) is 4.23. The van der Waals surface area contributed by atoms with E-state index in [1.54, 1.807) is 17.0 Å². The molecule has 1 saturated heterocycles. The first-order valence-corrected chi connectivity index (χ1v) is 11.3. The summed E-state index contributed by atoms with van der Waals surface area (Å²) in [7, 11) is 0. The Morgan fingerprint density at radius 2 is 1.69 bits per heavy atom. The number of amides is 2. The van der Waals surface area contributed by atoms with E-state index in [9.17, 15) is 14.0 Å². The molecular weight excluding hydrogens is 407 g/mol. The molecule has 0 bridgehead atoms. The largest absolute Gasteiger partial charge is 0.366 e. The number of benzene rings is 2. The van der Waals surface area contributed by atoms with Crippen LogP contribution in [0.5, 0.6) is 0 Å². The molecule has 3 rings (SSSR count). The van der Waals surface area contributed by atoms with Crippen molar-refractivity contribution >= 4 is 17.5 Å². The second-order valence-corrected chi connectivity index (χ2v) is 8.03. The second kappa shape index (κ2) is 11.1. The van der Waals surface area contributed by atoms with Gasteiger partial charge < -0.3 is 15.1 Å². The highest BCUT2D eigenvalue weighted by molar-refractivity contribution is 5.94. The first-order valence-electron chi connectivity index (χ1n) is 11.3. The van der Waals surface area contributed by atoms with E-state index in [0.29, 0.717) is 44.0 Å². The highest BCUT2D eigenvalue weighted by Crippen LogP contribution is 2.23. The van der Waals surface area contributed by atoms with Gasteiger partial charge in [0.05, 0.1) is 11.7 Å². The highest BCUT2D eigenvalue weighted by atomic mass is 19.1. The fourth-order valence-corrected chi connectivity index (χ4v) is 4.23. The standard InChI is InChI=1S/C25H33FN4O2/c1-4-28(5-2)24(20-9-7-6-8-10-20)18-27-25(32)30-15-13-29(14-16-30)23-12-11-21(19(3)31)17-22(23)26/h6-12,17,24H,4-5,13-16,18H2,1-3H3,(H,27,32)/t24-/m1/s1. The van der Waals surface area contributed by atoms with Crippen molar-refractivity contribution in [2.24, 2.45) is 0 Å². The Labute approximate surface area is 190 Å². The Balaban J connectivity index is 1.57. The van der Waals surface area contributed by atoms with Crippen LogP contribution in [0, 0.1) is 5.82 Å². The topological polar surface area (TPSA) is 55.9 Å². The molecule has 0 unspecified atom stereocenters. The number of carbonyl (C=O) groups excluding carboxylic acids is 2. The van der Waals surface area contributed by atoms with Gasteiger partial charge in [0.1, 0.15) is 5.82 Å². The molecule has 0 spiro atoms. The molecule has 2 aromatic carbocycles. The molecule has 32 heavy (non-hydrogen) atoms. The number of piperazine rings is 1. The molecule has 2 amide bonds. The van der Waals surface area contributed by atoms with Crippen LogP contribution in [0.2, 0.25) is 0 Å². The van der Waals surface area contributed by atoms with Crippen LogP contribution in [0.25, 0.3) is 0 Å². The number of carbonyl (C=O) groups is 2. The Bertz CT molecular complexity index is 909. The number of rotatable bonds is 8. The second-order valence-electron chi connectivity index (χ2n) is 8.03. The summed E-state index contributed by atoms with van der Waals surface area (Å²) in [4.78, 5) is 30.3. The summed E-state index contributed by atoms with van der Waals surface area (Å²) in [6.45, 7) is 10.1. The van der Waals surface area contributed by atoms with E-state index in [2.05, 4.69) is 36.2 Å². The van der Waals surface area contributed by atoms with Gasteiger partial charge in [-0.2, -0.15) is 0 Å². The molecule has 172 valence electrons. The molecule has 1 aliphatic rings. The van der Waals surface area contributed by atoms with Crippen molar-refractivity contribution in [1.29, 1.82) is 0 Å².